The third-order valence-electron chi connectivity index (χ3n) is 2.22. The maximum Gasteiger partial charge on any atom is 0.446 e. The number of carbonyl (C=O) groups is 1. The van der Waals surface area contributed by atoms with Crippen molar-refractivity contribution in [2.75, 3.05) is 6.61 Å². The summed E-state index contributed by atoms with van der Waals surface area (Å²) < 4.78 is 41.9. The first-order valence-electron chi connectivity index (χ1n) is 5.43. The molecule has 0 spiro atoms. The second-order valence-electron chi connectivity index (χ2n) is 3.54. The SMILES string of the molecule is CCOC(=O)c1cc(SC(F)(F)F)c(C#N)cc1CO. The third-order valence-corrected chi connectivity index (χ3v) is 3.01. The summed E-state index contributed by atoms with van der Waals surface area (Å²) in [6.45, 7) is 1.01. The van der Waals surface area contributed by atoms with Crippen molar-refractivity contribution in [2.24, 2.45) is 0 Å². The Balaban J connectivity index is 3.34. The van der Waals surface area contributed by atoms with E-state index in [1.807, 2.05) is 0 Å². The van der Waals surface area contributed by atoms with Crippen molar-refractivity contribution >= 4 is 17.7 Å². The summed E-state index contributed by atoms with van der Waals surface area (Å²) in [6, 6.07) is 3.58. The number of nitriles is 1. The number of alkyl halides is 3. The molecular formula is C12H10F3NO3S. The highest BCUT2D eigenvalue weighted by molar-refractivity contribution is 8.00. The molecule has 0 heterocycles. The molecule has 1 aromatic carbocycles. The van der Waals surface area contributed by atoms with Crippen LogP contribution in [-0.4, -0.2) is 23.2 Å². The fourth-order valence-corrected chi connectivity index (χ4v) is 2.09. The van der Waals surface area contributed by atoms with E-state index in [9.17, 15) is 18.0 Å². The van der Waals surface area contributed by atoms with Gasteiger partial charge < -0.3 is 9.84 Å². The highest BCUT2D eigenvalue weighted by Gasteiger charge is 2.31. The lowest BCUT2D eigenvalue weighted by Gasteiger charge is -2.12. The van der Waals surface area contributed by atoms with E-state index in [-0.39, 0.29) is 23.3 Å². The van der Waals surface area contributed by atoms with Gasteiger partial charge in [-0.05, 0) is 36.4 Å². The van der Waals surface area contributed by atoms with Crippen LogP contribution in [0.15, 0.2) is 17.0 Å². The van der Waals surface area contributed by atoms with Gasteiger partial charge in [-0.2, -0.15) is 18.4 Å². The van der Waals surface area contributed by atoms with E-state index in [0.717, 1.165) is 12.1 Å². The van der Waals surface area contributed by atoms with E-state index < -0.39 is 34.7 Å². The summed E-state index contributed by atoms with van der Waals surface area (Å²) in [5.41, 5.74) is -4.98. The zero-order valence-corrected chi connectivity index (χ0v) is 11.1. The largest absolute Gasteiger partial charge is 0.462 e. The van der Waals surface area contributed by atoms with Crippen molar-refractivity contribution in [3.8, 4) is 6.07 Å². The summed E-state index contributed by atoms with van der Waals surface area (Å²) in [7, 11) is 0. The quantitative estimate of drug-likeness (QED) is 0.684. The molecular weight excluding hydrogens is 295 g/mol. The lowest BCUT2D eigenvalue weighted by Crippen LogP contribution is -2.10. The van der Waals surface area contributed by atoms with Crippen LogP contribution < -0.4 is 0 Å². The predicted octanol–water partition coefficient (Wildman–Crippen LogP) is 2.84. The van der Waals surface area contributed by atoms with Gasteiger partial charge in [0, 0.05) is 4.90 Å². The average molecular weight is 305 g/mol. The van der Waals surface area contributed by atoms with Gasteiger partial charge in [-0.3, -0.25) is 0 Å². The molecule has 0 saturated carbocycles. The molecule has 20 heavy (non-hydrogen) atoms. The fourth-order valence-electron chi connectivity index (χ4n) is 1.45. The number of benzene rings is 1. The molecule has 0 amide bonds. The van der Waals surface area contributed by atoms with E-state index >= 15 is 0 Å². The third kappa shape index (κ3) is 4.15. The molecule has 8 heteroatoms. The lowest BCUT2D eigenvalue weighted by atomic mass is 10.0. The van der Waals surface area contributed by atoms with Crippen molar-refractivity contribution in [2.45, 2.75) is 23.9 Å². The summed E-state index contributed by atoms with van der Waals surface area (Å²) >= 11 is -0.491. The van der Waals surface area contributed by atoms with Gasteiger partial charge >= 0.3 is 11.5 Å². The van der Waals surface area contributed by atoms with Crippen LogP contribution in [0.5, 0.6) is 0 Å². The lowest BCUT2D eigenvalue weighted by molar-refractivity contribution is -0.0328. The van der Waals surface area contributed by atoms with Gasteiger partial charge in [0.25, 0.3) is 0 Å². The van der Waals surface area contributed by atoms with Gasteiger partial charge in [0.05, 0.1) is 24.3 Å². The first-order chi connectivity index (χ1) is 9.32. The minimum absolute atomic E-state index is 0.0471. The number of rotatable bonds is 4. The number of hydrogen-bond donors (Lipinski definition) is 1. The van der Waals surface area contributed by atoms with Crippen molar-refractivity contribution in [3.05, 3.63) is 28.8 Å². The second-order valence-corrected chi connectivity index (χ2v) is 4.65. The maximum atomic E-state index is 12.4. The molecule has 0 aliphatic heterocycles. The highest BCUT2D eigenvalue weighted by atomic mass is 32.2. The Kier molecular flexibility index (Phi) is 5.42. The normalized spacial score (nSPS) is 11.0. The molecule has 1 N–H and O–H groups in total. The van der Waals surface area contributed by atoms with E-state index in [4.69, 9.17) is 15.1 Å². The minimum atomic E-state index is -4.59. The summed E-state index contributed by atoms with van der Waals surface area (Å²) in [4.78, 5) is 11.2. The fraction of sp³-hybridized carbons (Fsp3) is 0.333. The topological polar surface area (TPSA) is 70.3 Å². The molecule has 1 rings (SSSR count). The molecule has 0 radical (unpaired) electrons. The Labute approximate surface area is 117 Å². The summed E-state index contributed by atoms with van der Waals surface area (Å²) in [5, 5.41) is 18.0. The predicted molar refractivity (Wildman–Crippen MR) is 64.9 cm³/mol. The van der Waals surface area contributed by atoms with Crippen LogP contribution >= 0.6 is 11.8 Å². The minimum Gasteiger partial charge on any atom is -0.462 e. The molecule has 0 unspecified atom stereocenters. The van der Waals surface area contributed by atoms with Gasteiger partial charge in [0.15, 0.2) is 0 Å². The smallest absolute Gasteiger partial charge is 0.446 e. The first kappa shape index (κ1) is 16.3. The number of halogens is 3. The van der Waals surface area contributed by atoms with Crippen LogP contribution in [0, 0.1) is 11.3 Å². The molecule has 0 fully saturated rings. The van der Waals surface area contributed by atoms with Crippen molar-refractivity contribution in [3.63, 3.8) is 0 Å². The highest BCUT2D eigenvalue weighted by Crippen LogP contribution is 2.39. The Morgan fingerprint density at radius 3 is 2.60 bits per heavy atom. The van der Waals surface area contributed by atoms with E-state index in [2.05, 4.69) is 0 Å². The summed E-state index contributed by atoms with van der Waals surface area (Å²) in [6.07, 6.45) is 0. The molecule has 0 aliphatic rings. The molecule has 0 aromatic heterocycles. The Morgan fingerprint density at radius 1 is 1.50 bits per heavy atom. The number of ether oxygens (including phenoxy) is 1. The van der Waals surface area contributed by atoms with E-state index in [1.54, 1.807) is 13.0 Å². The number of carbonyl (C=O) groups excluding carboxylic acids is 1. The van der Waals surface area contributed by atoms with Gasteiger partial charge in [0.2, 0.25) is 0 Å². The molecule has 0 saturated heterocycles. The number of nitrogens with zero attached hydrogens (tertiary/aromatic N) is 1. The number of thioether (sulfide) groups is 1. The number of aliphatic hydroxyl groups is 1. The molecule has 108 valence electrons. The van der Waals surface area contributed by atoms with Crippen molar-refractivity contribution in [1.29, 1.82) is 5.26 Å². The van der Waals surface area contributed by atoms with Crippen LogP contribution in [-0.2, 0) is 11.3 Å². The summed E-state index contributed by atoms with van der Waals surface area (Å²) in [5.74, 6) is -0.843. The second kappa shape index (κ2) is 6.63. The standard InChI is InChI=1S/C12H10F3NO3S/c1-2-19-11(18)9-4-10(20-12(13,14)15)7(5-16)3-8(9)6-17/h3-4,17H,2,6H2,1H3. The van der Waals surface area contributed by atoms with E-state index in [1.165, 1.54) is 0 Å². The van der Waals surface area contributed by atoms with Gasteiger partial charge in [0.1, 0.15) is 6.07 Å². The first-order valence-corrected chi connectivity index (χ1v) is 6.24. The van der Waals surface area contributed by atoms with Crippen LogP contribution in [0.4, 0.5) is 13.2 Å². The van der Waals surface area contributed by atoms with Gasteiger partial charge in [-0.1, -0.05) is 0 Å². The Morgan fingerprint density at radius 2 is 2.15 bits per heavy atom. The number of esters is 1. The number of hydrogen-bond acceptors (Lipinski definition) is 5. The van der Waals surface area contributed by atoms with Crippen molar-refractivity contribution < 1.29 is 27.8 Å². The van der Waals surface area contributed by atoms with Gasteiger partial charge in [-0.15, -0.1) is 0 Å². The van der Waals surface area contributed by atoms with E-state index in [0.29, 0.717) is 0 Å². The Bertz CT molecular complexity index is 552. The van der Waals surface area contributed by atoms with Crippen LogP contribution in [0.1, 0.15) is 28.4 Å². The molecule has 1 aromatic rings. The molecule has 4 nitrogen and oxygen atoms in total. The zero-order valence-electron chi connectivity index (χ0n) is 10.3. The number of aliphatic hydroxyl groups excluding tert-OH is 1. The van der Waals surface area contributed by atoms with Crippen LogP contribution in [0.2, 0.25) is 0 Å². The maximum absolute atomic E-state index is 12.4. The van der Waals surface area contributed by atoms with Crippen LogP contribution in [0.3, 0.4) is 0 Å². The van der Waals surface area contributed by atoms with Crippen molar-refractivity contribution in [1.82, 2.24) is 0 Å². The molecule has 0 aliphatic carbocycles. The average Bonchev–Trinajstić information content (AvgIpc) is 2.36. The molecule has 0 atom stereocenters. The zero-order chi connectivity index (χ0) is 15.3. The Hall–Kier alpha value is -1.72. The monoisotopic (exact) mass is 305 g/mol. The van der Waals surface area contributed by atoms with Crippen LogP contribution in [0.25, 0.3) is 0 Å². The molecule has 0 bridgehead atoms. The van der Waals surface area contributed by atoms with Gasteiger partial charge in [-0.25, -0.2) is 4.79 Å².